The van der Waals surface area contributed by atoms with Crippen LogP contribution in [-0.4, -0.2) is 105 Å². The number of nitrogen functional groups attached to an aromatic ring is 1. The average molecular weight is 610 g/mol. The number of aliphatic carboxylic acids is 1. The van der Waals surface area contributed by atoms with Gasteiger partial charge >= 0.3 is 12.1 Å². The third kappa shape index (κ3) is 6.39. The van der Waals surface area contributed by atoms with Gasteiger partial charge in [-0.15, -0.1) is 16.9 Å². The van der Waals surface area contributed by atoms with Crippen molar-refractivity contribution in [3.05, 3.63) is 17.1 Å². The minimum absolute atomic E-state index is 0.0891. The van der Waals surface area contributed by atoms with Crippen LogP contribution in [0, 0.1) is 0 Å². The number of thioether (sulfide) groups is 2. The number of carboxylic acids is 1. The lowest BCUT2D eigenvalue weighted by Gasteiger charge is -2.49. The average Bonchev–Trinajstić information content (AvgIpc) is 3.51. The number of carbonyl (C=O) groups excluding carboxylic acids is 2. The van der Waals surface area contributed by atoms with E-state index in [0.29, 0.717) is 35.4 Å². The van der Waals surface area contributed by atoms with E-state index in [2.05, 4.69) is 40.2 Å². The molecule has 4 heterocycles. The van der Waals surface area contributed by atoms with Crippen LogP contribution in [-0.2, 0) is 25.8 Å². The first-order valence-corrected chi connectivity index (χ1v) is 13.5. The molecule has 1 fully saturated rings. The van der Waals surface area contributed by atoms with Gasteiger partial charge in [0.05, 0.1) is 6.54 Å². The Kier molecular flexibility index (Phi) is 8.56. The number of carbonyl (C=O) groups is 3. The molecule has 2 aromatic heterocycles. The number of oxime groups is 1. The zero-order chi connectivity index (χ0) is 28.3. The van der Waals surface area contributed by atoms with Crippen LogP contribution < -0.4 is 16.8 Å². The van der Waals surface area contributed by atoms with E-state index in [1.807, 2.05) is 0 Å². The summed E-state index contributed by atoms with van der Waals surface area (Å²) in [5, 5.41) is 26.2. The van der Waals surface area contributed by atoms with E-state index >= 15 is 0 Å². The van der Waals surface area contributed by atoms with Crippen LogP contribution in [0.1, 0.15) is 5.82 Å². The molecule has 0 radical (unpaired) electrons. The maximum absolute atomic E-state index is 12.9. The van der Waals surface area contributed by atoms with Gasteiger partial charge < -0.3 is 26.7 Å². The Morgan fingerprint density at radius 2 is 2.13 bits per heavy atom. The Morgan fingerprint density at radius 3 is 2.77 bits per heavy atom. The number of rotatable bonds is 11. The first-order chi connectivity index (χ1) is 18.5. The molecule has 2 aliphatic rings. The maximum Gasteiger partial charge on any atom is 0.425 e. The molecule has 2 amide bonds. The molecule has 39 heavy (non-hydrogen) atoms. The fraction of sp³-hybridized carbons (Fsp3) is 0.471. The molecular formula is C17H18F3N11O5S3. The quantitative estimate of drug-likeness (QED) is 0.102. The van der Waals surface area contributed by atoms with E-state index in [1.54, 1.807) is 0 Å². The molecule has 0 bridgehead atoms. The molecule has 0 spiro atoms. The van der Waals surface area contributed by atoms with E-state index in [1.165, 1.54) is 28.2 Å². The lowest BCUT2D eigenvalue weighted by Crippen LogP contribution is -2.71. The Morgan fingerprint density at radius 1 is 1.36 bits per heavy atom. The van der Waals surface area contributed by atoms with E-state index in [4.69, 9.17) is 11.5 Å². The van der Waals surface area contributed by atoms with Crippen LogP contribution in [0.25, 0.3) is 0 Å². The number of β-lactam (4-membered cyclic amide) rings is 1. The number of hydrogen-bond donors (Lipinski definition) is 4. The number of hydrogen-bond acceptors (Lipinski definition) is 15. The number of halogens is 3. The van der Waals surface area contributed by atoms with Gasteiger partial charge in [0, 0.05) is 29.6 Å². The van der Waals surface area contributed by atoms with Crippen LogP contribution in [0.15, 0.2) is 21.6 Å². The van der Waals surface area contributed by atoms with Gasteiger partial charge in [-0.3, -0.25) is 14.5 Å². The predicted octanol–water partition coefficient (Wildman–Crippen LogP) is -1.12. The number of alkyl halides is 3. The van der Waals surface area contributed by atoms with Crippen LogP contribution >= 0.6 is 35.1 Å². The van der Waals surface area contributed by atoms with Gasteiger partial charge in [-0.2, -0.15) is 22.5 Å². The molecule has 210 valence electrons. The highest BCUT2D eigenvalue weighted by atomic mass is 32.2. The highest BCUT2D eigenvalue weighted by molar-refractivity contribution is 8.01. The number of anilines is 1. The SMILES string of the molecule is NCCn1nnnc1SCC1=C(C(=O)O)N2C(=O)C(NC(=O)/C(=N/OCC(F)(F)F)c3nsc(N)n3)[C@H]2SC1. The molecule has 6 N–H and O–H groups in total. The van der Waals surface area contributed by atoms with Crippen molar-refractivity contribution in [2.24, 2.45) is 10.9 Å². The molecule has 0 aromatic carbocycles. The van der Waals surface area contributed by atoms with Gasteiger partial charge in [-0.25, -0.2) is 9.48 Å². The Bertz CT molecular complexity index is 1330. The van der Waals surface area contributed by atoms with E-state index in [-0.39, 0.29) is 22.3 Å². The topological polar surface area (TPSA) is 230 Å². The van der Waals surface area contributed by atoms with Crippen molar-refractivity contribution in [1.82, 2.24) is 39.8 Å². The number of nitrogens with one attached hydrogen (secondary N) is 1. The van der Waals surface area contributed by atoms with Crippen molar-refractivity contribution in [3.8, 4) is 0 Å². The smallest absolute Gasteiger partial charge is 0.425 e. The first-order valence-electron chi connectivity index (χ1n) is 10.7. The molecule has 4 rings (SSSR count). The fourth-order valence-electron chi connectivity index (χ4n) is 3.40. The standard InChI is InChI=1S/C17H18F3N11O5S3/c18-17(19,20)5-36-26-7(10-24-15(22)39-27-10)11(32)23-8-12(33)31-9(14(34)35)6(3-37-13(8)31)4-38-16-25-28-29-30(16)2-1-21/h8,13H,1-5,21H2,(H,23,32)(H,34,35)(H2,22,24,27)/b26-7+/t8?,13-/m1/s1. The normalized spacial score (nSPS) is 19.5. The largest absolute Gasteiger partial charge is 0.477 e. The Labute approximate surface area is 228 Å². The molecule has 1 saturated heterocycles. The summed E-state index contributed by atoms with van der Waals surface area (Å²) in [4.78, 5) is 46.9. The third-order valence-corrected chi connectivity index (χ3v) is 7.93. The summed E-state index contributed by atoms with van der Waals surface area (Å²) >= 11 is 3.02. The van der Waals surface area contributed by atoms with Gasteiger partial charge in [0.2, 0.25) is 23.3 Å². The fourth-order valence-corrected chi connectivity index (χ4v) is 6.23. The summed E-state index contributed by atoms with van der Waals surface area (Å²) in [5.41, 5.74) is 10.5. The number of nitrogens with two attached hydrogens (primary N) is 2. The Hall–Kier alpha value is -3.50. The predicted molar refractivity (Wildman–Crippen MR) is 130 cm³/mol. The molecule has 0 saturated carbocycles. The number of aromatic nitrogens is 6. The van der Waals surface area contributed by atoms with E-state index in [9.17, 15) is 32.7 Å². The summed E-state index contributed by atoms with van der Waals surface area (Å²) in [7, 11) is 0. The second-order valence-electron chi connectivity index (χ2n) is 7.66. The second-order valence-corrected chi connectivity index (χ2v) is 10.5. The summed E-state index contributed by atoms with van der Waals surface area (Å²) in [6, 6.07) is -1.20. The molecule has 16 nitrogen and oxygen atoms in total. The van der Waals surface area contributed by atoms with Gasteiger partial charge in [-0.1, -0.05) is 16.9 Å². The minimum atomic E-state index is -4.73. The number of carboxylic acid groups (broad SMARTS) is 1. The van der Waals surface area contributed by atoms with Gasteiger partial charge in [0.25, 0.3) is 11.8 Å². The number of tetrazole rings is 1. The second kappa shape index (κ2) is 11.7. The van der Waals surface area contributed by atoms with Crippen molar-refractivity contribution in [2.75, 3.05) is 30.4 Å². The third-order valence-electron chi connectivity index (χ3n) is 5.00. The molecule has 2 aromatic rings. The van der Waals surface area contributed by atoms with Crippen LogP contribution in [0.2, 0.25) is 0 Å². The molecule has 1 unspecified atom stereocenters. The molecule has 22 heteroatoms. The first kappa shape index (κ1) is 28.5. The number of fused-ring (bicyclic) bond motifs is 1. The van der Waals surface area contributed by atoms with Crippen molar-refractivity contribution >= 4 is 63.7 Å². The molecule has 2 atom stereocenters. The summed E-state index contributed by atoms with van der Waals surface area (Å²) in [6.07, 6.45) is -4.73. The Balaban J connectivity index is 1.48. The van der Waals surface area contributed by atoms with Crippen molar-refractivity contribution < 1.29 is 37.5 Å². The van der Waals surface area contributed by atoms with E-state index < -0.39 is 53.5 Å². The zero-order valence-corrected chi connectivity index (χ0v) is 21.8. The summed E-state index contributed by atoms with van der Waals surface area (Å²) in [6.45, 7) is -1.13. The van der Waals surface area contributed by atoms with Crippen LogP contribution in [0.3, 0.4) is 0 Å². The van der Waals surface area contributed by atoms with Crippen molar-refractivity contribution in [2.45, 2.75) is 29.3 Å². The zero-order valence-electron chi connectivity index (χ0n) is 19.4. The maximum atomic E-state index is 12.9. The monoisotopic (exact) mass is 609 g/mol. The number of amides is 2. The van der Waals surface area contributed by atoms with Gasteiger partial charge in [-0.05, 0) is 16.0 Å². The van der Waals surface area contributed by atoms with Crippen molar-refractivity contribution in [1.29, 1.82) is 0 Å². The van der Waals surface area contributed by atoms with Crippen LogP contribution in [0.4, 0.5) is 18.3 Å². The van der Waals surface area contributed by atoms with Gasteiger partial charge in [0.1, 0.15) is 17.1 Å². The lowest BCUT2D eigenvalue weighted by atomic mass is 10.0. The molecular weight excluding hydrogens is 591 g/mol. The van der Waals surface area contributed by atoms with Crippen LogP contribution in [0.5, 0.6) is 0 Å². The number of nitrogens with zero attached hydrogens (tertiary/aromatic N) is 8. The lowest BCUT2D eigenvalue weighted by molar-refractivity contribution is -0.174. The molecule has 2 aliphatic heterocycles. The minimum Gasteiger partial charge on any atom is -0.477 e. The highest BCUT2D eigenvalue weighted by Gasteiger charge is 2.54. The van der Waals surface area contributed by atoms with Gasteiger partial charge in [0.15, 0.2) is 5.13 Å². The van der Waals surface area contributed by atoms with E-state index in [0.717, 1.165) is 4.90 Å². The molecule has 0 aliphatic carbocycles. The highest BCUT2D eigenvalue weighted by Crippen LogP contribution is 2.41. The summed E-state index contributed by atoms with van der Waals surface area (Å²) < 4.78 is 42.7. The van der Waals surface area contributed by atoms with Crippen molar-refractivity contribution in [3.63, 3.8) is 0 Å². The summed E-state index contributed by atoms with van der Waals surface area (Å²) in [5.74, 6) is -3.23.